The average molecular weight is 336 g/mol. The van der Waals surface area contributed by atoms with E-state index in [4.69, 9.17) is 0 Å². The number of aromatic nitrogens is 4. The van der Waals surface area contributed by atoms with Crippen molar-refractivity contribution in [2.75, 3.05) is 25.0 Å². The van der Waals surface area contributed by atoms with Crippen LogP contribution in [-0.4, -0.2) is 50.9 Å². The Morgan fingerprint density at radius 2 is 2.12 bits per heavy atom. The molecule has 1 aromatic carbocycles. The number of carbonyl (C=O) groups excluding carboxylic acids is 1. The fourth-order valence-corrected chi connectivity index (χ4v) is 3.50. The predicted molar refractivity (Wildman–Crippen MR) is 95.1 cm³/mol. The van der Waals surface area contributed by atoms with E-state index in [-0.39, 0.29) is 18.5 Å². The summed E-state index contributed by atoms with van der Waals surface area (Å²) in [6, 6.07) is 10.4. The molecule has 1 N–H and O–H groups in total. The first-order chi connectivity index (χ1) is 12.2. The number of benzene rings is 1. The minimum atomic E-state index is 0.111. The molecule has 0 radical (unpaired) electrons. The van der Waals surface area contributed by atoms with Crippen LogP contribution in [0.3, 0.4) is 0 Å². The molecule has 7 nitrogen and oxygen atoms in total. The standard InChI is InChI=1S/C18H20N6O/c1-23(18-16-17(20-11-19-16)21-12-22-18)10-15(25)24-9-5-8-14(24)13-6-3-2-4-7-13/h2-4,6-7,11-12,14H,5,8-10H2,1H3,(H,19,20,21,22)/t14-/m1/s1. The Labute approximate surface area is 145 Å². The second-order valence-electron chi connectivity index (χ2n) is 6.31. The van der Waals surface area contributed by atoms with Gasteiger partial charge in [-0.05, 0) is 18.4 Å². The summed E-state index contributed by atoms with van der Waals surface area (Å²) >= 11 is 0. The molecule has 1 aliphatic heterocycles. The SMILES string of the molecule is CN(CC(=O)N1CCC[C@@H]1c1ccccc1)c1ncnc2nc[nH]c12. The molecule has 7 heteroatoms. The van der Waals surface area contributed by atoms with E-state index in [1.54, 1.807) is 6.33 Å². The summed E-state index contributed by atoms with van der Waals surface area (Å²) in [6.07, 6.45) is 5.11. The zero-order valence-corrected chi connectivity index (χ0v) is 14.1. The topological polar surface area (TPSA) is 78.0 Å². The van der Waals surface area contributed by atoms with Crippen molar-refractivity contribution >= 4 is 22.9 Å². The maximum Gasteiger partial charge on any atom is 0.242 e. The number of likely N-dealkylation sites (tertiary alicyclic amines) is 1. The van der Waals surface area contributed by atoms with Gasteiger partial charge in [-0.2, -0.15) is 0 Å². The maximum absolute atomic E-state index is 12.9. The third kappa shape index (κ3) is 2.93. The number of amides is 1. The van der Waals surface area contributed by atoms with Gasteiger partial charge >= 0.3 is 0 Å². The molecule has 4 rings (SSSR count). The normalized spacial score (nSPS) is 17.2. The Balaban J connectivity index is 1.52. The average Bonchev–Trinajstić information content (AvgIpc) is 3.31. The van der Waals surface area contributed by atoms with Crippen molar-refractivity contribution in [3.05, 3.63) is 48.5 Å². The van der Waals surface area contributed by atoms with Crippen LogP contribution in [0.25, 0.3) is 11.2 Å². The monoisotopic (exact) mass is 336 g/mol. The fraction of sp³-hybridized carbons (Fsp3) is 0.333. The van der Waals surface area contributed by atoms with Crippen molar-refractivity contribution in [3.63, 3.8) is 0 Å². The number of nitrogens with zero attached hydrogens (tertiary/aromatic N) is 5. The number of aromatic amines is 1. The summed E-state index contributed by atoms with van der Waals surface area (Å²) in [5.41, 5.74) is 2.56. The zero-order chi connectivity index (χ0) is 17.2. The number of hydrogen-bond acceptors (Lipinski definition) is 5. The molecule has 3 heterocycles. The Kier molecular flexibility index (Phi) is 4.05. The minimum Gasteiger partial charge on any atom is -0.348 e. The highest BCUT2D eigenvalue weighted by Crippen LogP contribution is 2.32. The van der Waals surface area contributed by atoms with E-state index in [9.17, 15) is 4.79 Å². The Morgan fingerprint density at radius 3 is 2.96 bits per heavy atom. The molecule has 1 saturated heterocycles. The molecule has 0 unspecified atom stereocenters. The molecule has 128 valence electrons. The molecular formula is C18H20N6O. The highest BCUT2D eigenvalue weighted by Gasteiger charge is 2.30. The molecule has 1 atom stereocenters. The number of carbonyl (C=O) groups is 1. The van der Waals surface area contributed by atoms with Crippen molar-refractivity contribution in [2.24, 2.45) is 0 Å². The summed E-state index contributed by atoms with van der Waals surface area (Å²) in [6.45, 7) is 1.07. The number of nitrogens with one attached hydrogen (secondary N) is 1. The molecule has 0 spiro atoms. The Hall–Kier alpha value is -2.96. The van der Waals surface area contributed by atoms with Crippen LogP contribution in [0.1, 0.15) is 24.4 Å². The van der Waals surface area contributed by atoms with E-state index in [0.29, 0.717) is 11.5 Å². The van der Waals surface area contributed by atoms with Crippen LogP contribution in [0.2, 0.25) is 0 Å². The summed E-state index contributed by atoms with van der Waals surface area (Å²) in [4.78, 5) is 32.3. The largest absolute Gasteiger partial charge is 0.348 e. The summed E-state index contributed by atoms with van der Waals surface area (Å²) in [5.74, 6) is 0.798. The van der Waals surface area contributed by atoms with Gasteiger partial charge in [0.25, 0.3) is 0 Å². The molecule has 2 aromatic heterocycles. The molecule has 1 fully saturated rings. The fourth-order valence-electron chi connectivity index (χ4n) is 3.50. The van der Waals surface area contributed by atoms with Crippen LogP contribution in [-0.2, 0) is 4.79 Å². The van der Waals surface area contributed by atoms with E-state index in [2.05, 4.69) is 32.1 Å². The lowest BCUT2D eigenvalue weighted by molar-refractivity contribution is -0.130. The lowest BCUT2D eigenvalue weighted by atomic mass is 10.0. The quantitative estimate of drug-likeness (QED) is 0.790. The van der Waals surface area contributed by atoms with Gasteiger partial charge in [0.05, 0.1) is 18.9 Å². The van der Waals surface area contributed by atoms with E-state index in [1.165, 1.54) is 11.9 Å². The lowest BCUT2D eigenvalue weighted by Gasteiger charge is -2.27. The Bertz CT molecular complexity index is 877. The highest BCUT2D eigenvalue weighted by atomic mass is 16.2. The minimum absolute atomic E-state index is 0.111. The molecule has 0 aliphatic carbocycles. The van der Waals surface area contributed by atoms with Gasteiger partial charge in [0, 0.05) is 13.6 Å². The lowest BCUT2D eigenvalue weighted by Crippen LogP contribution is -2.39. The highest BCUT2D eigenvalue weighted by molar-refractivity contribution is 5.87. The third-order valence-corrected chi connectivity index (χ3v) is 4.69. The van der Waals surface area contributed by atoms with Crippen LogP contribution in [0.15, 0.2) is 43.0 Å². The third-order valence-electron chi connectivity index (χ3n) is 4.69. The number of H-pyrrole nitrogens is 1. The van der Waals surface area contributed by atoms with Gasteiger partial charge in [-0.15, -0.1) is 0 Å². The predicted octanol–water partition coefficient (Wildman–Crippen LogP) is 2.15. The van der Waals surface area contributed by atoms with E-state index in [0.717, 1.165) is 24.9 Å². The van der Waals surface area contributed by atoms with Gasteiger partial charge in [-0.1, -0.05) is 30.3 Å². The maximum atomic E-state index is 12.9. The summed E-state index contributed by atoms with van der Waals surface area (Å²) in [5, 5.41) is 0. The number of imidazole rings is 1. The number of likely N-dealkylation sites (N-methyl/N-ethyl adjacent to an activating group) is 1. The van der Waals surface area contributed by atoms with Gasteiger partial charge < -0.3 is 14.8 Å². The molecule has 0 saturated carbocycles. The molecular weight excluding hydrogens is 316 g/mol. The Morgan fingerprint density at radius 1 is 1.28 bits per heavy atom. The van der Waals surface area contributed by atoms with Crippen LogP contribution in [0.5, 0.6) is 0 Å². The number of fused-ring (bicyclic) bond motifs is 1. The van der Waals surface area contributed by atoms with Crippen LogP contribution < -0.4 is 4.90 Å². The summed E-state index contributed by atoms with van der Waals surface area (Å²) < 4.78 is 0. The molecule has 0 bridgehead atoms. The molecule has 25 heavy (non-hydrogen) atoms. The van der Waals surface area contributed by atoms with Crippen molar-refractivity contribution in [3.8, 4) is 0 Å². The first kappa shape index (κ1) is 15.6. The van der Waals surface area contributed by atoms with Crippen molar-refractivity contribution < 1.29 is 4.79 Å². The molecule has 1 amide bonds. The van der Waals surface area contributed by atoms with Gasteiger partial charge in [0.1, 0.15) is 11.8 Å². The smallest absolute Gasteiger partial charge is 0.242 e. The van der Waals surface area contributed by atoms with Crippen molar-refractivity contribution in [1.82, 2.24) is 24.8 Å². The first-order valence-corrected chi connectivity index (χ1v) is 8.43. The summed E-state index contributed by atoms with van der Waals surface area (Å²) in [7, 11) is 1.87. The van der Waals surface area contributed by atoms with Crippen LogP contribution in [0, 0.1) is 0 Å². The van der Waals surface area contributed by atoms with Gasteiger partial charge in [0.15, 0.2) is 11.5 Å². The van der Waals surface area contributed by atoms with Crippen LogP contribution in [0.4, 0.5) is 5.82 Å². The van der Waals surface area contributed by atoms with Gasteiger partial charge in [0.2, 0.25) is 5.91 Å². The van der Waals surface area contributed by atoms with E-state index in [1.807, 2.05) is 35.0 Å². The number of anilines is 1. The second kappa shape index (κ2) is 6.51. The zero-order valence-electron chi connectivity index (χ0n) is 14.1. The van der Waals surface area contributed by atoms with Gasteiger partial charge in [-0.25, -0.2) is 15.0 Å². The molecule has 1 aliphatic rings. The second-order valence-corrected chi connectivity index (χ2v) is 6.31. The number of rotatable bonds is 4. The molecule has 3 aromatic rings. The van der Waals surface area contributed by atoms with Crippen molar-refractivity contribution in [1.29, 1.82) is 0 Å². The van der Waals surface area contributed by atoms with Crippen molar-refractivity contribution in [2.45, 2.75) is 18.9 Å². The van der Waals surface area contributed by atoms with E-state index >= 15 is 0 Å². The van der Waals surface area contributed by atoms with Crippen LogP contribution >= 0.6 is 0 Å². The van der Waals surface area contributed by atoms with Gasteiger partial charge in [-0.3, -0.25) is 4.79 Å². The van der Waals surface area contributed by atoms with E-state index < -0.39 is 0 Å². The first-order valence-electron chi connectivity index (χ1n) is 8.43. The number of hydrogen-bond donors (Lipinski definition) is 1.